The van der Waals surface area contributed by atoms with E-state index >= 15 is 0 Å². The Labute approximate surface area is 229 Å². The second-order valence-electron chi connectivity index (χ2n) is 12.0. The number of aryl methyl sites for hydroxylation is 2. The molecule has 3 aromatic carbocycles. The molecule has 0 aliphatic carbocycles. The van der Waals surface area contributed by atoms with Gasteiger partial charge in [0.25, 0.3) is 0 Å². The largest absolute Gasteiger partial charge is 0.459 e. The molecule has 0 aliphatic heterocycles. The fraction of sp³-hybridized carbons (Fsp3) is 0.286. The molecule has 3 aromatic heterocycles. The average Bonchev–Trinajstić information content (AvgIpc) is 3.48. The van der Waals surface area contributed by atoms with Crippen molar-refractivity contribution in [1.82, 2.24) is 4.98 Å². The Morgan fingerprint density at radius 3 is 2.45 bits per heavy atom. The third kappa shape index (κ3) is 4.14. The molecule has 0 fully saturated rings. The Morgan fingerprint density at radius 2 is 1.68 bits per heavy atom. The molecule has 6 rings (SSSR count). The Balaban J connectivity index is 1.65. The zero-order valence-corrected chi connectivity index (χ0v) is 24.2. The molecular weight excluding hydrogens is 482 g/mol. The van der Waals surface area contributed by atoms with E-state index in [1.54, 1.807) is 0 Å². The molecule has 3 heterocycles. The van der Waals surface area contributed by atoms with Gasteiger partial charge in [0.2, 0.25) is 0 Å². The van der Waals surface area contributed by atoms with E-state index in [9.17, 15) is 0 Å². The first-order valence-corrected chi connectivity index (χ1v) is 14.4. The summed E-state index contributed by atoms with van der Waals surface area (Å²) in [6.45, 7) is 15.6. The van der Waals surface area contributed by atoms with Gasteiger partial charge in [0.1, 0.15) is 11.3 Å². The molecule has 0 saturated carbocycles. The van der Waals surface area contributed by atoms with Gasteiger partial charge < -0.3 is 4.42 Å². The normalized spacial score (nSPS) is 12.4. The van der Waals surface area contributed by atoms with Gasteiger partial charge in [-0.1, -0.05) is 71.0 Å². The highest BCUT2D eigenvalue weighted by molar-refractivity contribution is 7.17. The zero-order chi connectivity index (χ0) is 26.8. The highest BCUT2D eigenvalue weighted by Crippen LogP contribution is 2.42. The summed E-state index contributed by atoms with van der Waals surface area (Å²) in [7, 11) is 0. The highest BCUT2D eigenvalue weighted by atomic mass is 32.1. The van der Waals surface area contributed by atoms with Crippen LogP contribution in [0.4, 0.5) is 0 Å². The predicted octanol–water partition coefficient (Wildman–Crippen LogP) is 10.6. The second kappa shape index (κ2) is 9.10. The molecule has 6 aromatic rings. The van der Waals surface area contributed by atoms with Gasteiger partial charge in [-0.3, -0.25) is 0 Å². The average molecular weight is 518 g/mol. The fourth-order valence-corrected chi connectivity index (χ4v) is 6.62. The van der Waals surface area contributed by atoms with Crippen LogP contribution >= 0.6 is 11.3 Å². The van der Waals surface area contributed by atoms with Crippen LogP contribution in [0.2, 0.25) is 0 Å². The molecular formula is C35H35NOS. The quantitative estimate of drug-likeness (QED) is 0.232. The summed E-state index contributed by atoms with van der Waals surface area (Å²) in [4.78, 5) is 5.22. The number of pyridine rings is 1. The summed E-state index contributed by atoms with van der Waals surface area (Å²) in [5.74, 6) is 1.54. The van der Waals surface area contributed by atoms with Crippen molar-refractivity contribution in [1.29, 1.82) is 0 Å². The minimum Gasteiger partial charge on any atom is -0.459 e. The van der Waals surface area contributed by atoms with Gasteiger partial charge in [0, 0.05) is 26.8 Å². The molecule has 0 unspecified atom stereocenters. The molecule has 0 aliphatic rings. The predicted molar refractivity (Wildman–Crippen MR) is 164 cm³/mol. The maximum absolute atomic E-state index is 6.38. The van der Waals surface area contributed by atoms with Crippen molar-refractivity contribution >= 4 is 43.3 Å². The van der Waals surface area contributed by atoms with Crippen LogP contribution in [0, 0.1) is 19.8 Å². The molecule has 38 heavy (non-hydrogen) atoms. The minimum atomic E-state index is 0.0137. The van der Waals surface area contributed by atoms with Gasteiger partial charge in [-0.05, 0) is 88.7 Å². The lowest BCUT2D eigenvalue weighted by molar-refractivity contribution is 0.575. The van der Waals surface area contributed by atoms with Crippen LogP contribution in [-0.2, 0) is 11.8 Å². The van der Waals surface area contributed by atoms with Gasteiger partial charge in [-0.15, -0.1) is 11.3 Å². The molecule has 0 saturated heterocycles. The van der Waals surface area contributed by atoms with Crippen LogP contribution < -0.4 is 0 Å². The first-order valence-electron chi connectivity index (χ1n) is 13.6. The minimum absolute atomic E-state index is 0.0137. The maximum atomic E-state index is 6.38. The number of fused-ring (bicyclic) bond motifs is 3. The molecule has 2 nitrogen and oxygen atoms in total. The monoisotopic (exact) mass is 517 g/mol. The number of furan rings is 1. The van der Waals surface area contributed by atoms with Gasteiger partial charge in [0.05, 0.1) is 5.69 Å². The van der Waals surface area contributed by atoms with Crippen molar-refractivity contribution in [2.45, 2.75) is 60.3 Å². The molecule has 0 bridgehead atoms. The van der Waals surface area contributed by atoms with E-state index in [1.165, 1.54) is 37.5 Å². The van der Waals surface area contributed by atoms with E-state index in [1.807, 2.05) is 18.3 Å². The molecule has 0 spiro atoms. The summed E-state index contributed by atoms with van der Waals surface area (Å²) in [5, 5.41) is 6.07. The Hall–Kier alpha value is -3.43. The number of nitrogens with zero attached hydrogens (tertiary/aromatic N) is 1. The Kier molecular flexibility index (Phi) is 5.96. The van der Waals surface area contributed by atoms with Crippen molar-refractivity contribution in [3.63, 3.8) is 0 Å². The van der Waals surface area contributed by atoms with Gasteiger partial charge in [-0.2, -0.15) is 0 Å². The maximum Gasteiger partial charge on any atom is 0.160 e. The van der Waals surface area contributed by atoms with Crippen molar-refractivity contribution < 1.29 is 4.42 Å². The fourth-order valence-electron chi connectivity index (χ4n) is 5.67. The van der Waals surface area contributed by atoms with Crippen molar-refractivity contribution in [3.8, 4) is 22.4 Å². The Bertz CT molecular complexity index is 1830. The van der Waals surface area contributed by atoms with E-state index < -0.39 is 0 Å². The van der Waals surface area contributed by atoms with Crippen LogP contribution in [0.1, 0.15) is 57.1 Å². The number of hydrogen-bond acceptors (Lipinski definition) is 3. The zero-order valence-electron chi connectivity index (χ0n) is 23.4. The van der Waals surface area contributed by atoms with E-state index in [4.69, 9.17) is 9.40 Å². The molecule has 0 atom stereocenters. The highest BCUT2D eigenvalue weighted by Gasteiger charge is 2.22. The molecule has 3 heteroatoms. The first-order chi connectivity index (χ1) is 18.1. The van der Waals surface area contributed by atoms with Crippen LogP contribution in [-0.4, -0.2) is 4.98 Å². The number of aromatic nitrogens is 1. The summed E-state index contributed by atoms with van der Waals surface area (Å²) in [5.41, 5.74) is 10.2. The van der Waals surface area contributed by atoms with E-state index in [0.717, 1.165) is 45.7 Å². The van der Waals surface area contributed by atoms with Crippen molar-refractivity contribution in [3.05, 3.63) is 88.5 Å². The van der Waals surface area contributed by atoms with Crippen LogP contribution in [0.15, 0.2) is 70.5 Å². The van der Waals surface area contributed by atoms with E-state index in [2.05, 4.69) is 108 Å². The van der Waals surface area contributed by atoms with Crippen LogP contribution in [0.3, 0.4) is 0 Å². The SMILES string of the molecule is Cc1oc2c(-c3ccc(CC(C)C)c4sccc34)cc(-c3cc(C(C)(C)C)c4ccccc4c3)nc2c1C. The van der Waals surface area contributed by atoms with E-state index in [-0.39, 0.29) is 5.41 Å². The number of rotatable bonds is 4. The topological polar surface area (TPSA) is 26.0 Å². The van der Waals surface area contributed by atoms with Gasteiger partial charge >= 0.3 is 0 Å². The lowest BCUT2D eigenvalue weighted by Gasteiger charge is -2.23. The smallest absolute Gasteiger partial charge is 0.160 e. The second-order valence-corrected chi connectivity index (χ2v) is 13.0. The van der Waals surface area contributed by atoms with E-state index in [0.29, 0.717) is 5.92 Å². The third-order valence-electron chi connectivity index (χ3n) is 7.69. The number of hydrogen-bond donors (Lipinski definition) is 0. The van der Waals surface area contributed by atoms with Crippen molar-refractivity contribution in [2.24, 2.45) is 5.92 Å². The summed E-state index contributed by atoms with van der Waals surface area (Å²) in [6, 6.07) is 22.4. The third-order valence-corrected chi connectivity index (χ3v) is 8.68. The van der Waals surface area contributed by atoms with Gasteiger partial charge in [0.15, 0.2) is 5.58 Å². The van der Waals surface area contributed by atoms with Crippen molar-refractivity contribution in [2.75, 3.05) is 0 Å². The standard InChI is InChI=1S/C35H35NOS/c1-20(2)16-24-12-13-27(28-14-15-38-34(24)28)29-19-31(36-32-21(3)22(4)37-33(29)32)25-17-23-10-8-9-11-26(23)30(18-25)35(5,6)7/h8-15,17-20H,16H2,1-7H3. The molecule has 192 valence electrons. The summed E-state index contributed by atoms with van der Waals surface area (Å²) in [6.07, 6.45) is 1.08. The first kappa shape index (κ1) is 24.9. The Morgan fingerprint density at radius 1 is 0.895 bits per heavy atom. The van der Waals surface area contributed by atoms with Crippen LogP contribution in [0.5, 0.6) is 0 Å². The lowest BCUT2D eigenvalue weighted by atomic mass is 9.82. The number of benzene rings is 3. The molecule has 0 N–H and O–H groups in total. The summed E-state index contributed by atoms with van der Waals surface area (Å²) >= 11 is 1.84. The molecule has 0 radical (unpaired) electrons. The number of thiophene rings is 1. The van der Waals surface area contributed by atoms with Gasteiger partial charge in [-0.25, -0.2) is 4.98 Å². The molecule has 0 amide bonds. The lowest BCUT2D eigenvalue weighted by Crippen LogP contribution is -2.12. The summed E-state index contributed by atoms with van der Waals surface area (Å²) < 4.78 is 7.76. The van der Waals surface area contributed by atoms with Crippen LogP contribution in [0.25, 0.3) is 54.3 Å².